The molecule has 0 fully saturated rings. The van der Waals surface area contributed by atoms with Gasteiger partial charge in [0.05, 0.1) is 24.6 Å². The standard InChI is InChI=1S/C63H43N/c1-2-20-50(21-3-1)63(61-29-10-8-25-59(61)60-26-9-11-30-62(60)63)51-22-12-19-49(43-51)44-31-37-52(38-32-44)64(53-39-33-47(34-40-53)57-27-13-17-45-15-4-6-23-55(45)57)54-41-35-48(36-42-54)58-28-14-18-46-16-5-7-24-56(46)58/h1-43H/i4D,5D,6D,7D,13D,14D,15D,16D,17D,18D,23D,24D,27D,28D. The highest BCUT2D eigenvalue weighted by molar-refractivity contribution is 5.98. The number of fused-ring (bicyclic) bond motifs is 5. The molecule has 0 aromatic heterocycles. The van der Waals surface area contributed by atoms with E-state index in [4.69, 9.17) is 19.2 Å². The first-order valence-electron chi connectivity index (χ1n) is 28.0. The Kier molecular flexibility index (Phi) is 6.24. The van der Waals surface area contributed by atoms with Gasteiger partial charge in [0.25, 0.3) is 0 Å². The van der Waals surface area contributed by atoms with Crippen LogP contribution in [0.5, 0.6) is 0 Å². The predicted octanol–water partition coefficient (Wildman–Crippen LogP) is 16.8. The summed E-state index contributed by atoms with van der Waals surface area (Å²) < 4.78 is 121. The van der Waals surface area contributed by atoms with E-state index >= 15 is 0 Å². The van der Waals surface area contributed by atoms with Crippen molar-refractivity contribution in [2.75, 3.05) is 4.90 Å². The molecule has 11 aromatic carbocycles. The van der Waals surface area contributed by atoms with Crippen LogP contribution in [-0.4, -0.2) is 0 Å². The lowest BCUT2D eigenvalue weighted by Crippen LogP contribution is -2.28. The Labute approximate surface area is 394 Å². The summed E-state index contributed by atoms with van der Waals surface area (Å²) in [5.41, 5.74) is 11.3. The molecule has 0 radical (unpaired) electrons. The van der Waals surface area contributed by atoms with Gasteiger partial charge in [-0.3, -0.25) is 0 Å². The minimum atomic E-state index is -0.601. The van der Waals surface area contributed by atoms with Crippen LogP contribution < -0.4 is 4.90 Å². The van der Waals surface area contributed by atoms with Crippen LogP contribution in [0.1, 0.15) is 41.4 Å². The van der Waals surface area contributed by atoms with Crippen LogP contribution in [0.2, 0.25) is 0 Å². The second-order valence-electron chi connectivity index (χ2n) is 15.8. The van der Waals surface area contributed by atoms with Crippen molar-refractivity contribution in [2.45, 2.75) is 5.41 Å². The predicted molar refractivity (Wildman–Crippen MR) is 270 cm³/mol. The molecule has 64 heavy (non-hydrogen) atoms. The summed E-state index contributed by atoms with van der Waals surface area (Å²) in [4.78, 5) is 1.97. The molecule has 300 valence electrons. The zero-order valence-electron chi connectivity index (χ0n) is 48.2. The molecule has 12 rings (SSSR count). The van der Waals surface area contributed by atoms with Crippen molar-refractivity contribution >= 4 is 38.6 Å². The third-order valence-electron chi connectivity index (χ3n) is 12.4. The van der Waals surface area contributed by atoms with Crippen molar-refractivity contribution in [3.05, 3.63) is 283 Å². The smallest absolute Gasteiger partial charge is 0.0713 e. The molecule has 1 heteroatoms. The quantitative estimate of drug-likeness (QED) is 0.147. The Morgan fingerprint density at radius 2 is 0.750 bits per heavy atom. The van der Waals surface area contributed by atoms with Crippen molar-refractivity contribution in [1.82, 2.24) is 0 Å². The molecule has 1 aliphatic carbocycles. The summed E-state index contributed by atoms with van der Waals surface area (Å²) in [6.07, 6.45) is 0. The van der Waals surface area contributed by atoms with Gasteiger partial charge in [0.1, 0.15) is 0 Å². The fraction of sp³-hybridized carbons (Fsp3) is 0.0159. The molecule has 0 unspecified atom stereocenters. The fourth-order valence-corrected chi connectivity index (χ4v) is 9.51. The highest BCUT2D eigenvalue weighted by atomic mass is 15.1. The maximum Gasteiger partial charge on any atom is 0.0713 e. The first kappa shape index (κ1) is 25.6. The third-order valence-corrected chi connectivity index (χ3v) is 12.4. The Morgan fingerprint density at radius 1 is 0.312 bits per heavy atom. The van der Waals surface area contributed by atoms with E-state index < -0.39 is 77.9 Å². The Balaban J connectivity index is 1.00. The van der Waals surface area contributed by atoms with Crippen LogP contribution in [0.4, 0.5) is 17.1 Å². The summed E-state index contributed by atoms with van der Waals surface area (Å²) >= 11 is 0. The minimum absolute atomic E-state index is 0.0247. The molecule has 1 nitrogen and oxygen atoms in total. The third kappa shape index (κ3) is 6.16. The number of nitrogens with zero attached hydrogens (tertiary/aromatic N) is 1. The van der Waals surface area contributed by atoms with E-state index in [0.29, 0.717) is 22.5 Å². The lowest BCUT2D eigenvalue weighted by Gasteiger charge is -2.34. The maximum absolute atomic E-state index is 9.01. The van der Waals surface area contributed by atoms with Gasteiger partial charge in [-0.05, 0) is 131 Å². The van der Waals surface area contributed by atoms with Gasteiger partial charge >= 0.3 is 0 Å². The summed E-state index contributed by atoms with van der Waals surface area (Å²) in [6.45, 7) is 0. The monoisotopic (exact) mass is 827 g/mol. The number of benzene rings is 11. The highest BCUT2D eigenvalue weighted by Gasteiger charge is 2.45. The molecule has 1 aliphatic rings. The molecule has 0 N–H and O–H groups in total. The van der Waals surface area contributed by atoms with Crippen molar-refractivity contribution in [1.29, 1.82) is 0 Å². The molecule has 0 bridgehead atoms. The fourth-order valence-electron chi connectivity index (χ4n) is 9.51. The summed E-state index contributed by atoms with van der Waals surface area (Å²) in [6, 6.07) is 52.1. The average Bonchev–Trinajstić information content (AvgIpc) is 3.80. The Bertz CT molecular complexity index is 4070. The number of hydrogen-bond acceptors (Lipinski definition) is 1. The Morgan fingerprint density at radius 3 is 1.28 bits per heavy atom. The topological polar surface area (TPSA) is 3.24 Å². The van der Waals surface area contributed by atoms with Crippen LogP contribution in [0.15, 0.2) is 261 Å². The zero-order chi connectivity index (χ0) is 54.6. The van der Waals surface area contributed by atoms with E-state index in [-0.39, 0.29) is 44.8 Å². The first-order valence-corrected chi connectivity index (χ1v) is 21.0. The second-order valence-corrected chi connectivity index (χ2v) is 15.8. The molecular formula is C63H43N. The lowest BCUT2D eigenvalue weighted by atomic mass is 9.67. The van der Waals surface area contributed by atoms with Gasteiger partial charge in [-0.15, -0.1) is 0 Å². The van der Waals surface area contributed by atoms with Crippen LogP contribution in [0.3, 0.4) is 0 Å². The minimum Gasteiger partial charge on any atom is -0.311 e. The molecule has 0 amide bonds. The molecule has 0 heterocycles. The van der Waals surface area contributed by atoms with Gasteiger partial charge in [0.15, 0.2) is 0 Å². The number of rotatable bonds is 8. The Hall–Kier alpha value is -8.26. The van der Waals surface area contributed by atoms with E-state index in [1.807, 2.05) is 35.2 Å². The van der Waals surface area contributed by atoms with Crippen LogP contribution in [0, 0.1) is 0 Å². The molecule has 0 aliphatic heterocycles. The van der Waals surface area contributed by atoms with E-state index in [0.717, 1.165) is 27.9 Å². The van der Waals surface area contributed by atoms with Crippen molar-refractivity contribution in [3.8, 4) is 44.5 Å². The molecule has 0 saturated heterocycles. The van der Waals surface area contributed by atoms with E-state index in [1.165, 1.54) is 22.3 Å². The number of hydrogen-bond donors (Lipinski definition) is 0. The van der Waals surface area contributed by atoms with Crippen molar-refractivity contribution in [2.24, 2.45) is 0 Å². The maximum atomic E-state index is 9.01. The number of anilines is 3. The normalized spacial score (nSPS) is 15.6. The lowest BCUT2D eigenvalue weighted by molar-refractivity contribution is 0.769. The van der Waals surface area contributed by atoms with Crippen LogP contribution in [0.25, 0.3) is 66.1 Å². The second kappa shape index (κ2) is 15.6. The van der Waals surface area contributed by atoms with Gasteiger partial charge in [-0.25, -0.2) is 0 Å². The first-order chi connectivity index (χ1) is 37.6. The highest BCUT2D eigenvalue weighted by Crippen LogP contribution is 2.56. The van der Waals surface area contributed by atoms with Gasteiger partial charge < -0.3 is 4.90 Å². The largest absolute Gasteiger partial charge is 0.311 e. The molecule has 0 saturated carbocycles. The average molecular weight is 828 g/mol. The van der Waals surface area contributed by atoms with E-state index in [1.54, 1.807) is 48.5 Å². The van der Waals surface area contributed by atoms with Gasteiger partial charge in [-0.2, -0.15) is 0 Å². The molecular weight excluding hydrogens is 771 g/mol. The van der Waals surface area contributed by atoms with Crippen molar-refractivity contribution < 1.29 is 19.2 Å². The summed E-state index contributed by atoms with van der Waals surface area (Å²) in [5.74, 6) is 0. The van der Waals surface area contributed by atoms with E-state index in [9.17, 15) is 0 Å². The van der Waals surface area contributed by atoms with Gasteiger partial charge in [0, 0.05) is 17.1 Å². The van der Waals surface area contributed by atoms with Gasteiger partial charge in [-0.1, -0.05) is 218 Å². The van der Waals surface area contributed by atoms with Gasteiger partial charge in [0.2, 0.25) is 0 Å². The SMILES string of the molecule is [2H]c1c([2H])c([2H])c2c(-c3ccc(N(c4ccc(-c5cccc(C6(c7ccccc7)c7ccccc7-c7ccccc76)c5)cc4)c4ccc(-c5c([2H])c([2H])c([2H])c6c([2H])c([2H])c([2H])c([2H])c56)cc4)cc3)c([2H])c([2H])c([2H])c2c1[2H]. The molecule has 0 atom stereocenters. The van der Waals surface area contributed by atoms with Crippen molar-refractivity contribution in [3.63, 3.8) is 0 Å². The van der Waals surface area contributed by atoms with Crippen LogP contribution in [-0.2, 0) is 5.41 Å². The van der Waals surface area contributed by atoms with Crippen LogP contribution >= 0.6 is 0 Å². The zero-order valence-corrected chi connectivity index (χ0v) is 34.2. The summed E-state index contributed by atoms with van der Waals surface area (Å²) in [7, 11) is 0. The summed E-state index contributed by atoms with van der Waals surface area (Å²) in [5, 5.41) is -0.335. The molecule has 11 aromatic rings. The van der Waals surface area contributed by atoms with E-state index in [2.05, 4.69) is 97.1 Å². The molecule has 0 spiro atoms.